The number of allylic oxidation sites excluding steroid dienone is 1. The summed E-state index contributed by atoms with van der Waals surface area (Å²) in [4.78, 5) is 17.9. The van der Waals surface area contributed by atoms with Crippen molar-refractivity contribution in [3.8, 4) is 0 Å². The number of carbonyl (C=O) groups excluding carboxylic acids is 1. The first-order valence-electron chi connectivity index (χ1n) is 7.45. The predicted molar refractivity (Wildman–Crippen MR) is 93.9 cm³/mol. The van der Waals surface area contributed by atoms with Crippen LogP contribution in [0.4, 0.5) is 5.95 Å². The molecule has 0 radical (unpaired) electrons. The second-order valence-electron chi connectivity index (χ2n) is 5.25. The highest BCUT2D eigenvalue weighted by Crippen LogP contribution is 2.35. The van der Waals surface area contributed by atoms with Gasteiger partial charge < -0.3 is 10.1 Å². The van der Waals surface area contributed by atoms with Gasteiger partial charge in [-0.25, -0.2) is 9.48 Å². The number of rotatable bonds is 5. The van der Waals surface area contributed by atoms with Crippen molar-refractivity contribution in [2.75, 3.05) is 18.2 Å². The Morgan fingerprint density at radius 3 is 2.88 bits per heavy atom. The quantitative estimate of drug-likeness (QED) is 0.512. The minimum absolute atomic E-state index is 0.165. The molecule has 0 amide bonds. The molecule has 0 spiro atoms. The largest absolute Gasteiger partial charge is 0.458 e. The normalized spacial score (nSPS) is 16.3. The zero-order valence-corrected chi connectivity index (χ0v) is 14.3. The Balaban J connectivity index is 2.06. The van der Waals surface area contributed by atoms with E-state index in [9.17, 15) is 4.79 Å². The van der Waals surface area contributed by atoms with Gasteiger partial charge in [0.2, 0.25) is 5.95 Å². The molecular weight excluding hydrogens is 324 g/mol. The molecule has 1 aliphatic rings. The number of hydrogen-bond acceptors (Lipinski definition) is 6. The van der Waals surface area contributed by atoms with E-state index in [1.54, 1.807) is 22.5 Å². The van der Waals surface area contributed by atoms with Crippen molar-refractivity contribution in [1.82, 2.24) is 14.8 Å². The summed E-state index contributed by atoms with van der Waals surface area (Å²) < 4.78 is 6.97. The molecule has 0 saturated carbocycles. The first kappa shape index (κ1) is 16.3. The molecule has 1 aromatic carbocycles. The average Bonchev–Trinajstić information content (AvgIpc) is 3.06. The first-order chi connectivity index (χ1) is 11.7. The van der Waals surface area contributed by atoms with E-state index in [0.717, 1.165) is 10.5 Å². The van der Waals surface area contributed by atoms with Gasteiger partial charge in [-0.1, -0.05) is 24.8 Å². The smallest absolute Gasteiger partial charge is 0.338 e. The van der Waals surface area contributed by atoms with E-state index in [-0.39, 0.29) is 18.6 Å². The Bertz CT molecular complexity index is 795. The van der Waals surface area contributed by atoms with Gasteiger partial charge in [-0.3, -0.25) is 0 Å². The van der Waals surface area contributed by atoms with Crippen molar-refractivity contribution < 1.29 is 9.53 Å². The lowest BCUT2D eigenvalue weighted by molar-refractivity contribution is -0.138. The first-order valence-corrected chi connectivity index (χ1v) is 8.67. The van der Waals surface area contributed by atoms with E-state index < -0.39 is 0 Å². The molecule has 1 aromatic heterocycles. The molecule has 0 aliphatic carbocycles. The highest BCUT2D eigenvalue weighted by atomic mass is 32.2. The highest BCUT2D eigenvalue weighted by molar-refractivity contribution is 7.98. The van der Waals surface area contributed by atoms with E-state index in [0.29, 0.717) is 17.2 Å². The second-order valence-corrected chi connectivity index (χ2v) is 6.13. The molecule has 1 atom stereocenters. The predicted octanol–water partition coefficient (Wildman–Crippen LogP) is 3.02. The zero-order chi connectivity index (χ0) is 17.1. The van der Waals surface area contributed by atoms with Gasteiger partial charge in [0.1, 0.15) is 19.0 Å². The number of nitrogens with one attached hydrogen (secondary N) is 1. The third kappa shape index (κ3) is 2.94. The summed E-state index contributed by atoms with van der Waals surface area (Å²) in [5.74, 6) is 0.215. The fraction of sp³-hybridized carbons (Fsp3) is 0.235. The lowest BCUT2D eigenvalue weighted by Crippen LogP contribution is -2.29. The van der Waals surface area contributed by atoms with Crippen molar-refractivity contribution >= 4 is 23.7 Å². The maximum Gasteiger partial charge on any atom is 0.338 e. The summed E-state index contributed by atoms with van der Waals surface area (Å²) in [7, 11) is 0. The summed E-state index contributed by atoms with van der Waals surface area (Å²) in [6.07, 6.45) is 5.04. The molecule has 2 heterocycles. The van der Waals surface area contributed by atoms with E-state index >= 15 is 0 Å². The fourth-order valence-corrected chi connectivity index (χ4v) is 3.07. The molecule has 124 valence electrons. The number of esters is 1. The third-order valence-corrected chi connectivity index (χ3v) is 4.52. The summed E-state index contributed by atoms with van der Waals surface area (Å²) in [6.45, 7) is 5.59. The second kappa shape index (κ2) is 6.92. The van der Waals surface area contributed by atoms with E-state index in [1.165, 1.54) is 6.33 Å². The number of ether oxygens (including phenoxy) is 1. The molecule has 7 heteroatoms. The highest BCUT2D eigenvalue weighted by Gasteiger charge is 2.34. The van der Waals surface area contributed by atoms with Crippen LogP contribution in [0.5, 0.6) is 0 Å². The molecule has 0 saturated heterocycles. The van der Waals surface area contributed by atoms with Crippen LogP contribution in [0.15, 0.2) is 59.4 Å². The number of anilines is 1. The van der Waals surface area contributed by atoms with Gasteiger partial charge in [-0.2, -0.15) is 10.1 Å². The Morgan fingerprint density at radius 1 is 1.46 bits per heavy atom. The molecule has 0 fully saturated rings. The Labute approximate surface area is 144 Å². The van der Waals surface area contributed by atoms with Crippen molar-refractivity contribution in [2.45, 2.75) is 17.9 Å². The number of carbonyl (C=O) groups is 1. The van der Waals surface area contributed by atoms with Crippen LogP contribution in [-0.2, 0) is 9.53 Å². The van der Waals surface area contributed by atoms with Gasteiger partial charge in [0.25, 0.3) is 0 Å². The number of hydrogen-bond donors (Lipinski definition) is 1. The van der Waals surface area contributed by atoms with Crippen molar-refractivity contribution in [1.29, 1.82) is 0 Å². The standard InChI is InChI=1S/C17H18N4O2S/c1-4-9-23-16(22)14-11(2)20-17-18-10-19-21(17)15(14)12-5-7-13(24-3)8-6-12/h4-8,10,15H,1,9H2,2-3H3,(H,18,19,20). The minimum Gasteiger partial charge on any atom is -0.458 e. The van der Waals surface area contributed by atoms with Crippen molar-refractivity contribution in [2.24, 2.45) is 0 Å². The number of fused-ring (bicyclic) bond motifs is 1. The maximum atomic E-state index is 12.6. The molecule has 1 aliphatic heterocycles. The molecule has 24 heavy (non-hydrogen) atoms. The topological polar surface area (TPSA) is 69.0 Å². The van der Waals surface area contributed by atoms with Crippen LogP contribution < -0.4 is 5.32 Å². The lowest BCUT2D eigenvalue weighted by Gasteiger charge is -2.28. The van der Waals surface area contributed by atoms with E-state index in [4.69, 9.17) is 4.74 Å². The van der Waals surface area contributed by atoms with Gasteiger partial charge in [0.05, 0.1) is 5.57 Å². The molecule has 2 aromatic rings. The summed E-state index contributed by atoms with van der Waals surface area (Å²) >= 11 is 1.67. The number of nitrogens with zero attached hydrogens (tertiary/aromatic N) is 3. The van der Waals surface area contributed by atoms with Crippen LogP contribution in [0.2, 0.25) is 0 Å². The van der Waals surface area contributed by atoms with Gasteiger partial charge in [0.15, 0.2) is 0 Å². The van der Waals surface area contributed by atoms with Crippen LogP contribution in [0.25, 0.3) is 0 Å². The average molecular weight is 342 g/mol. The molecule has 6 nitrogen and oxygen atoms in total. The summed E-state index contributed by atoms with van der Waals surface area (Å²) in [5, 5.41) is 7.39. The third-order valence-electron chi connectivity index (χ3n) is 3.78. The lowest BCUT2D eigenvalue weighted by atomic mass is 9.96. The van der Waals surface area contributed by atoms with Gasteiger partial charge in [0, 0.05) is 10.6 Å². The number of thioether (sulfide) groups is 1. The van der Waals surface area contributed by atoms with Crippen LogP contribution in [0.3, 0.4) is 0 Å². The van der Waals surface area contributed by atoms with Crippen molar-refractivity contribution in [3.05, 3.63) is 60.1 Å². The summed E-state index contributed by atoms with van der Waals surface area (Å²) in [6, 6.07) is 7.68. The number of benzene rings is 1. The fourth-order valence-electron chi connectivity index (χ4n) is 2.66. The maximum absolute atomic E-state index is 12.6. The van der Waals surface area contributed by atoms with Crippen LogP contribution in [-0.4, -0.2) is 33.6 Å². The molecule has 0 bridgehead atoms. The van der Waals surface area contributed by atoms with Crippen LogP contribution in [0.1, 0.15) is 18.5 Å². The van der Waals surface area contributed by atoms with E-state index in [2.05, 4.69) is 22.0 Å². The Morgan fingerprint density at radius 2 is 2.21 bits per heavy atom. The van der Waals surface area contributed by atoms with Gasteiger partial charge >= 0.3 is 5.97 Å². The van der Waals surface area contributed by atoms with Gasteiger partial charge in [-0.05, 0) is 30.9 Å². The summed E-state index contributed by atoms with van der Waals surface area (Å²) in [5.41, 5.74) is 2.18. The number of aromatic nitrogens is 3. The van der Waals surface area contributed by atoms with Crippen LogP contribution in [0, 0.1) is 0 Å². The monoisotopic (exact) mass is 342 g/mol. The zero-order valence-electron chi connectivity index (χ0n) is 13.5. The van der Waals surface area contributed by atoms with Gasteiger partial charge in [-0.15, -0.1) is 11.8 Å². The molecular formula is C17H18N4O2S. The Kier molecular flexibility index (Phi) is 4.71. The minimum atomic E-state index is -0.389. The van der Waals surface area contributed by atoms with Crippen LogP contribution >= 0.6 is 11.8 Å². The van der Waals surface area contributed by atoms with E-state index in [1.807, 2.05) is 37.4 Å². The molecule has 3 rings (SSSR count). The SMILES string of the molecule is C=CCOC(=O)C1=C(C)Nc2ncnn2C1c1ccc(SC)cc1. The Hall–Kier alpha value is -2.54. The molecule has 1 N–H and O–H groups in total. The van der Waals surface area contributed by atoms with Crippen molar-refractivity contribution in [3.63, 3.8) is 0 Å². The molecule has 1 unspecified atom stereocenters.